The second-order valence-electron chi connectivity index (χ2n) is 6.63. The molecule has 27 heavy (non-hydrogen) atoms. The standard InChI is InChI=1S/C19H30F2N4O2/c1-22-19(23-13-16-5-4-10-25(16)11-12-26-3)24(2)14-15-6-8-17(9-7-15)27-18(20)21/h6-9,16,18H,4-5,10-14H2,1-3H3,(H,22,23). The van der Waals surface area contributed by atoms with Crippen LogP contribution < -0.4 is 10.1 Å². The van der Waals surface area contributed by atoms with Crippen molar-refractivity contribution in [3.63, 3.8) is 0 Å². The van der Waals surface area contributed by atoms with Crippen molar-refractivity contribution >= 4 is 5.96 Å². The third-order valence-corrected chi connectivity index (χ3v) is 4.72. The summed E-state index contributed by atoms with van der Waals surface area (Å²) < 4.78 is 34.0. The molecule has 0 radical (unpaired) electrons. The minimum absolute atomic E-state index is 0.163. The molecule has 0 aromatic heterocycles. The molecule has 0 spiro atoms. The van der Waals surface area contributed by atoms with Crippen LogP contribution in [0.2, 0.25) is 0 Å². The number of benzene rings is 1. The van der Waals surface area contributed by atoms with Gasteiger partial charge < -0.3 is 19.7 Å². The Kier molecular flexibility index (Phi) is 8.74. The van der Waals surface area contributed by atoms with Crippen molar-refractivity contribution in [1.82, 2.24) is 15.1 Å². The number of nitrogens with one attached hydrogen (secondary N) is 1. The zero-order valence-electron chi connectivity index (χ0n) is 16.3. The van der Waals surface area contributed by atoms with Gasteiger partial charge in [-0.2, -0.15) is 8.78 Å². The van der Waals surface area contributed by atoms with Crippen molar-refractivity contribution in [2.45, 2.75) is 32.0 Å². The minimum Gasteiger partial charge on any atom is -0.435 e. The summed E-state index contributed by atoms with van der Waals surface area (Å²) in [5.41, 5.74) is 0.990. The SMILES string of the molecule is CN=C(NCC1CCCN1CCOC)N(C)Cc1ccc(OC(F)F)cc1. The molecule has 1 N–H and O–H groups in total. The van der Waals surface area contributed by atoms with Gasteiger partial charge in [0.1, 0.15) is 5.75 Å². The minimum atomic E-state index is -2.81. The van der Waals surface area contributed by atoms with Crippen LogP contribution in [-0.2, 0) is 11.3 Å². The molecule has 8 heteroatoms. The lowest BCUT2D eigenvalue weighted by molar-refractivity contribution is -0.0498. The lowest BCUT2D eigenvalue weighted by Gasteiger charge is -2.27. The Morgan fingerprint density at radius 3 is 2.74 bits per heavy atom. The van der Waals surface area contributed by atoms with E-state index in [1.54, 1.807) is 38.4 Å². The topological polar surface area (TPSA) is 49.3 Å². The summed E-state index contributed by atoms with van der Waals surface area (Å²) in [6.45, 7) is 1.45. The summed E-state index contributed by atoms with van der Waals surface area (Å²) in [4.78, 5) is 8.81. The largest absolute Gasteiger partial charge is 0.435 e. The number of rotatable bonds is 9. The zero-order valence-corrected chi connectivity index (χ0v) is 16.3. The van der Waals surface area contributed by atoms with E-state index in [1.165, 1.54) is 12.8 Å². The van der Waals surface area contributed by atoms with Crippen LogP contribution in [0.25, 0.3) is 0 Å². The van der Waals surface area contributed by atoms with Crippen LogP contribution in [0.15, 0.2) is 29.3 Å². The van der Waals surface area contributed by atoms with Crippen molar-refractivity contribution in [2.75, 3.05) is 47.4 Å². The van der Waals surface area contributed by atoms with Gasteiger partial charge in [-0.3, -0.25) is 9.89 Å². The molecule has 0 bridgehead atoms. The highest BCUT2D eigenvalue weighted by atomic mass is 19.3. The number of nitrogens with zero attached hydrogens (tertiary/aromatic N) is 3. The summed E-state index contributed by atoms with van der Waals surface area (Å²) >= 11 is 0. The molecule has 1 aliphatic heterocycles. The van der Waals surface area contributed by atoms with Crippen LogP contribution in [0, 0.1) is 0 Å². The smallest absolute Gasteiger partial charge is 0.387 e. The van der Waals surface area contributed by atoms with Crippen LogP contribution in [0.1, 0.15) is 18.4 Å². The van der Waals surface area contributed by atoms with E-state index in [4.69, 9.17) is 4.74 Å². The first-order valence-corrected chi connectivity index (χ1v) is 9.22. The number of likely N-dealkylation sites (tertiary alicyclic amines) is 1. The molecule has 1 saturated heterocycles. The molecule has 1 aliphatic rings. The number of guanidine groups is 1. The Labute approximate surface area is 160 Å². The fourth-order valence-electron chi connectivity index (χ4n) is 3.35. The van der Waals surface area contributed by atoms with Gasteiger partial charge in [0.25, 0.3) is 0 Å². The third kappa shape index (κ3) is 6.95. The quantitative estimate of drug-likeness (QED) is 0.523. The van der Waals surface area contributed by atoms with Crippen molar-refractivity contribution in [1.29, 1.82) is 0 Å². The van der Waals surface area contributed by atoms with Crippen LogP contribution in [-0.4, -0.2) is 75.9 Å². The summed E-state index contributed by atoms with van der Waals surface area (Å²) in [6, 6.07) is 7.15. The Morgan fingerprint density at radius 2 is 2.11 bits per heavy atom. The monoisotopic (exact) mass is 384 g/mol. The Morgan fingerprint density at radius 1 is 1.37 bits per heavy atom. The molecule has 1 heterocycles. The van der Waals surface area contributed by atoms with Crippen molar-refractivity contribution in [3.05, 3.63) is 29.8 Å². The van der Waals surface area contributed by atoms with Crippen LogP contribution >= 0.6 is 0 Å². The maximum Gasteiger partial charge on any atom is 0.387 e. The first-order valence-electron chi connectivity index (χ1n) is 9.22. The van der Waals surface area contributed by atoms with Crippen LogP contribution in [0.3, 0.4) is 0 Å². The van der Waals surface area contributed by atoms with Gasteiger partial charge >= 0.3 is 6.61 Å². The highest BCUT2D eigenvalue weighted by Crippen LogP contribution is 2.17. The van der Waals surface area contributed by atoms with Gasteiger partial charge in [-0.15, -0.1) is 0 Å². The third-order valence-electron chi connectivity index (χ3n) is 4.72. The van der Waals surface area contributed by atoms with Gasteiger partial charge in [-0.1, -0.05) is 12.1 Å². The molecule has 152 valence electrons. The van der Waals surface area contributed by atoms with E-state index >= 15 is 0 Å². The van der Waals surface area contributed by atoms with Crippen molar-refractivity contribution in [2.24, 2.45) is 4.99 Å². The van der Waals surface area contributed by atoms with Gasteiger partial charge in [-0.05, 0) is 37.1 Å². The van der Waals surface area contributed by atoms with Crippen LogP contribution in [0.5, 0.6) is 5.75 Å². The van der Waals surface area contributed by atoms with Crippen molar-refractivity contribution < 1.29 is 18.3 Å². The second kappa shape index (κ2) is 11.0. The van der Waals surface area contributed by atoms with Gasteiger partial charge in [0, 0.05) is 46.9 Å². The van der Waals surface area contributed by atoms with E-state index in [2.05, 4.69) is 19.9 Å². The molecule has 1 aromatic carbocycles. The number of alkyl halides is 2. The predicted molar refractivity (Wildman–Crippen MR) is 102 cm³/mol. The first-order chi connectivity index (χ1) is 13.0. The van der Waals surface area contributed by atoms with Gasteiger partial charge in [-0.25, -0.2) is 0 Å². The summed E-state index contributed by atoms with van der Waals surface area (Å²) in [5, 5.41) is 3.44. The Bertz CT molecular complexity index is 584. The molecule has 1 aromatic rings. The number of hydrogen-bond acceptors (Lipinski definition) is 4. The predicted octanol–water partition coefficient (Wildman–Crippen LogP) is 2.41. The molecule has 1 atom stereocenters. The zero-order chi connectivity index (χ0) is 19.6. The second-order valence-corrected chi connectivity index (χ2v) is 6.63. The molecule has 2 rings (SSSR count). The van der Waals surface area contributed by atoms with E-state index in [-0.39, 0.29) is 5.75 Å². The Balaban J connectivity index is 1.84. The fourth-order valence-corrected chi connectivity index (χ4v) is 3.35. The highest BCUT2D eigenvalue weighted by molar-refractivity contribution is 5.79. The van der Waals surface area contributed by atoms with Gasteiger partial charge in [0.05, 0.1) is 6.61 Å². The lowest BCUT2D eigenvalue weighted by Crippen LogP contribution is -2.45. The molecule has 1 fully saturated rings. The molecular weight excluding hydrogens is 354 g/mol. The average molecular weight is 384 g/mol. The fraction of sp³-hybridized carbons (Fsp3) is 0.632. The highest BCUT2D eigenvalue weighted by Gasteiger charge is 2.24. The normalized spacial score (nSPS) is 18.1. The Hall–Kier alpha value is -1.93. The number of ether oxygens (including phenoxy) is 2. The number of halogens is 2. The van der Waals surface area contributed by atoms with Gasteiger partial charge in [0.15, 0.2) is 5.96 Å². The molecule has 0 amide bonds. The molecule has 0 saturated carbocycles. The number of aliphatic imine (C=N–C) groups is 1. The van der Waals surface area contributed by atoms with E-state index in [1.807, 2.05) is 11.9 Å². The van der Waals surface area contributed by atoms with Gasteiger partial charge in [0.2, 0.25) is 0 Å². The van der Waals surface area contributed by atoms with Crippen LogP contribution in [0.4, 0.5) is 8.78 Å². The number of hydrogen-bond donors (Lipinski definition) is 1. The molecule has 0 aliphatic carbocycles. The molecule has 1 unspecified atom stereocenters. The summed E-state index contributed by atoms with van der Waals surface area (Å²) in [7, 11) is 5.44. The van der Waals surface area contributed by atoms with Crippen molar-refractivity contribution in [3.8, 4) is 5.75 Å². The first kappa shape index (κ1) is 21.4. The molecule has 6 nitrogen and oxygen atoms in total. The van der Waals surface area contributed by atoms with E-state index < -0.39 is 6.61 Å². The maximum absolute atomic E-state index is 12.2. The maximum atomic E-state index is 12.2. The molecular formula is C19H30F2N4O2. The van der Waals surface area contributed by atoms with E-state index in [9.17, 15) is 8.78 Å². The lowest BCUT2D eigenvalue weighted by atomic mass is 10.2. The van der Waals surface area contributed by atoms with E-state index in [0.717, 1.165) is 37.8 Å². The average Bonchev–Trinajstić information content (AvgIpc) is 3.09. The summed E-state index contributed by atoms with van der Waals surface area (Å²) in [5.74, 6) is 0.970. The van der Waals surface area contributed by atoms with E-state index in [0.29, 0.717) is 12.6 Å². The summed E-state index contributed by atoms with van der Waals surface area (Å²) in [6.07, 6.45) is 2.38. The number of methoxy groups -OCH3 is 1.